The lowest BCUT2D eigenvalue weighted by Gasteiger charge is -2.28. The Kier molecular flexibility index (Phi) is 29.2. The Balaban J connectivity index is 2.04. The summed E-state index contributed by atoms with van der Waals surface area (Å²) in [4.78, 5) is 167. The lowest BCUT2D eigenvalue weighted by Crippen LogP contribution is -2.61. The molecule has 31 nitrogen and oxygen atoms in total. The number of nitrogens with zero attached hydrogens (tertiary/aromatic N) is 1. The first-order chi connectivity index (χ1) is 40.3. The summed E-state index contributed by atoms with van der Waals surface area (Å²) in [6.45, 7) is 2.95. The Hall–Kier alpha value is -9.39. The molecule has 0 radical (unpaired) electrons. The van der Waals surface area contributed by atoms with Gasteiger partial charge in [0.15, 0.2) is 5.96 Å². The van der Waals surface area contributed by atoms with E-state index in [1.165, 1.54) is 24.3 Å². The number of rotatable bonds is 39. The summed E-state index contributed by atoms with van der Waals surface area (Å²) in [7, 11) is 0. The molecule has 0 aliphatic rings. The van der Waals surface area contributed by atoms with Crippen molar-refractivity contribution in [2.75, 3.05) is 19.6 Å². The fourth-order valence-electron chi connectivity index (χ4n) is 8.62. The normalized spacial score (nSPS) is 14.2. The van der Waals surface area contributed by atoms with Crippen LogP contribution in [0.1, 0.15) is 95.6 Å². The van der Waals surface area contributed by atoms with Crippen molar-refractivity contribution in [1.29, 1.82) is 0 Å². The van der Waals surface area contributed by atoms with Crippen molar-refractivity contribution in [3.63, 3.8) is 0 Å². The molecule has 0 saturated carbocycles. The van der Waals surface area contributed by atoms with Crippen LogP contribution in [0.15, 0.2) is 59.7 Å². The van der Waals surface area contributed by atoms with Gasteiger partial charge in [0.2, 0.25) is 47.3 Å². The Labute approximate surface area is 488 Å². The average molecular weight is 1200 g/mol. The van der Waals surface area contributed by atoms with Crippen molar-refractivity contribution in [3.8, 4) is 5.75 Å². The number of carboxylic acid groups (broad SMARTS) is 4. The van der Waals surface area contributed by atoms with Gasteiger partial charge in [-0.25, -0.2) is 4.79 Å². The minimum atomic E-state index is -1.90. The van der Waals surface area contributed by atoms with Gasteiger partial charge < -0.3 is 96.0 Å². The number of para-hydroxylation sites is 1. The van der Waals surface area contributed by atoms with E-state index in [9.17, 15) is 83.1 Å². The second-order valence-corrected chi connectivity index (χ2v) is 20.0. The molecule has 0 unspecified atom stereocenters. The number of nitrogens with two attached hydrogens (primary N) is 4. The maximum atomic E-state index is 14.5. The maximum Gasteiger partial charge on any atom is 0.326 e. The van der Waals surface area contributed by atoms with E-state index < -0.39 is 170 Å². The number of amides is 8. The molecule has 0 spiro atoms. The first kappa shape index (κ1) is 69.9. The highest BCUT2D eigenvalue weighted by molar-refractivity contribution is 5.99. The molecule has 466 valence electrons. The molecular formula is C54H78N14O17. The predicted molar refractivity (Wildman–Crippen MR) is 304 cm³/mol. The minimum absolute atomic E-state index is 0.00790. The number of benzene rings is 2. The van der Waals surface area contributed by atoms with E-state index in [2.05, 4.69) is 52.5 Å². The molecule has 31 heteroatoms. The Morgan fingerprint density at radius 2 is 1.04 bits per heavy atom. The molecule has 9 atom stereocenters. The van der Waals surface area contributed by atoms with Crippen LogP contribution >= 0.6 is 0 Å². The summed E-state index contributed by atoms with van der Waals surface area (Å²) in [5, 5.41) is 69.1. The SMILES string of the molecule is CC[C@H](C)[C@H](NC(=O)CN)C(=O)N[C@@H](CC(=O)O)C(=O)N[C@@H](Cc1ccc(O)cc1)C(=O)N[C@@H](CCC(=O)O)C(=O)N[C@@H](CCC(=O)O)C(=O)N[C@@H](CCCN=C(N)N)C(=O)N[C@@H](Cc1c[nH]c2ccccc12)C(=O)N[C@@H](CCCCN)C(=O)O. The van der Waals surface area contributed by atoms with E-state index in [1.54, 1.807) is 44.3 Å². The highest BCUT2D eigenvalue weighted by Crippen LogP contribution is 2.20. The van der Waals surface area contributed by atoms with Crippen LogP contribution in [0.4, 0.5) is 0 Å². The minimum Gasteiger partial charge on any atom is -0.508 e. The molecule has 3 rings (SSSR count). The lowest BCUT2D eigenvalue weighted by atomic mass is 9.97. The summed E-state index contributed by atoms with van der Waals surface area (Å²) in [6.07, 6.45) is -2.25. The number of phenols is 1. The number of H-pyrrole nitrogens is 1. The number of nitrogens with one attached hydrogen (secondary N) is 9. The smallest absolute Gasteiger partial charge is 0.326 e. The van der Waals surface area contributed by atoms with Gasteiger partial charge in [-0.3, -0.25) is 57.7 Å². The van der Waals surface area contributed by atoms with Crippen LogP contribution < -0.4 is 65.5 Å². The van der Waals surface area contributed by atoms with Crippen molar-refractivity contribution >= 4 is 88.0 Å². The lowest BCUT2D eigenvalue weighted by molar-refractivity contribution is -0.143. The van der Waals surface area contributed by atoms with Crippen LogP contribution in [-0.2, 0) is 70.4 Å². The van der Waals surface area contributed by atoms with Crippen LogP contribution in [0, 0.1) is 5.92 Å². The van der Waals surface area contributed by atoms with Gasteiger partial charge in [0, 0.05) is 49.3 Å². The standard InChI is InChI=1S/C54H78N14O17/c1-3-28(2)45(68-41(70)26-56)52(83)67-40(25-44(75)76)51(82)65-38(23-29-13-15-31(69)16-14-29)49(80)63-36(18-20-43(73)74)48(79)62-35(17-19-42(71)72)47(78)61-34(12-8-22-59-54(57)58)46(77)66-39(24-30-27-60-33-10-5-4-9-32(30)33)50(81)64-37(53(84)85)11-6-7-21-55/h4-5,9-10,13-16,27-28,34-40,45,60,69H,3,6-8,11-12,17-26,55-56H2,1-2H3,(H,61,78)(H,62,79)(H,63,80)(H,64,81)(H,65,82)(H,66,77)(H,67,83)(H,68,70)(H,71,72)(H,73,74)(H,75,76)(H,84,85)(H4,57,58,59)/t28-,34-,35-,36-,37-,38-,39-,40-,45-/m0/s1. The van der Waals surface area contributed by atoms with Crippen LogP contribution in [-0.4, -0.2) is 176 Å². The number of carbonyl (C=O) groups is 12. The fourth-order valence-corrected chi connectivity index (χ4v) is 8.62. The number of aromatic nitrogens is 1. The van der Waals surface area contributed by atoms with Crippen molar-refractivity contribution in [1.82, 2.24) is 47.5 Å². The van der Waals surface area contributed by atoms with Crippen LogP contribution in [0.3, 0.4) is 0 Å². The highest BCUT2D eigenvalue weighted by Gasteiger charge is 2.37. The van der Waals surface area contributed by atoms with Crippen molar-refractivity contribution in [2.45, 2.75) is 146 Å². The number of unbranched alkanes of at least 4 members (excludes halogenated alkanes) is 1. The van der Waals surface area contributed by atoms with Crippen molar-refractivity contribution in [2.24, 2.45) is 33.8 Å². The van der Waals surface area contributed by atoms with Gasteiger partial charge in [-0.05, 0) is 86.7 Å². The molecule has 2 aromatic carbocycles. The molecule has 0 bridgehead atoms. The Morgan fingerprint density at radius 3 is 1.54 bits per heavy atom. The first-order valence-electron chi connectivity index (χ1n) is 27.4. The number of aliphatic carboxylic acids is 4. The van der Waals surface area contributed by atoms with E-state index in [1.807, 2.05) is 0 Å². The number of carbonyl (C=O) groups excluding carboxylic acids is 8. The maximum absolute atomic E-state index is 14.5. The molecule has 0 aliphatic carbocycles. The van der Waals surface area contributed by atoms with Gasteiger partial charge in [0.05, 0.1) is 13.0 Å². The second kappa shape index (κ2) is 35.6. The monoisotopic (exact) mass is 1190 g/mol. The average Bonchev–Trinajstić information content (AvgIpc) is 4.12. The number of fused-ring (bicyclic) bond motifs is 1. The van der Waals surface area contributed by atoms with Crippen LogP contribution in [0.25, 0.3) is 10.9 Å². The van der Waals surface area contributed by atoms with Crippen molar-refractivity contribution < 1.29 is 83.1 Å². The largest absolute Gasteiger partial charge is 0.508 e. The molecule has 1 aromatic heterocycles. The highest BCUT2D eigenvalue weighted by atomic mass is 16.4. The van der Waals surface area contributed by atoms with Gasteiger partial charge in [-0.15, -0.1) is 0 Å². The van der Waals surface area contributed by atoms with Gasteiger partial charge >= 0.3 is 23.9 Å². The van der Waals surface area contributed by atoms with Gasteiger partial charge in [-0.1, -0.05) is 50.6 Å². The number of aromatic hydroxyl groups is 1. The van der Waals surface area contributed by atoms with Crippen LogP contribution in [0.2, 0.25) is 0 Å². The zero-order chi connectivity index (χ0) is 63.3. The molecule has 8 amide bonds. The van der Waals surface area contributed by atoms with Gasteiger partial charge in [0.1, 0.15) is 54.1 Å². The summed E-state index contributed by atoms with van der Waals surface area (Å²) in [5.74, 6) is -15.5. The number of aromatic amines is 1. The quantitative estimate of drug-likeness (QED) is 0.0154. The number of guanidine groups is 1. The van der Waals surface area contributed by atoms with E-state index in [0.29, 0.717) is 35.7 Å². The number of phenolic OH excluding ortho intramolecular Hbond substituents is 1. The van der Waals surface area contributed by atoms with E-state index in [0.717, 1.165) is 0 Å². The molecule has 1 heterocycles. The third-order valence-corrected chi connectivity index (χ3v) is 13.4. The molecular weight excluding hydrogens is 1120 g/mol. The second-order valence-electron chi connectivity index (χ2n) is 20.0. The van der Waals surface area contributed by atoms with Gasteiger partial charge in [-0.2, -0.15) is 0 Å². The topological polar surface area (TPSA) is 534 Å². The third kappa shape index (κ3) is 24.5. The summed E-state index contributed by atoms with van der Waals surface area (Å²) in [5.41, 5.74) is 23.5. The summed E-state index contributed by atoms with van der Waals surface area (Å²) >= 11 is 0. The Morgan fingerprint density at radius 1 is 0.553 bits per heavy atom. The summed E-state index contributed by atoms with van der Waals surface area (Å²) in [6, 6.07) is -1.06. The van der Waals surface area contributed by atoms with Crippen LogP contribution in [0.5, 0.6) is 5.75 Å². The van der Waals surface area contributed by atoms with Gasteiger partial charge in [0.25, 0.3) is 0 Å². The number of hydrogen-bond donors (Lipinski definition) is 18. The number of aliphatic imine (C=N–C) groups is 1. The summed E-state index contributed by atoms with van der Waals surface area (Å²) < 4.78 is 0. The predicted octanol–water partition coefficient (Wildman–Crippen LogP) is -2.99. The Bertz CT molecular complexity index is 2840. The third-order valence-electron chi connectivity index (χ3n) is 13.4. The molecule has 0 fully saturated rings. The van der Waals surface area contributed by atoms with E-state index >= 15 is 0 Å². The number of carboxylic acids is 4. The molecule has 85 heavy (non-hydrogen) atoms. The zero-order valence-corrected chi connectivity index (χ0v) is 47.1. The molecule has 0 aliphatic heterocycles. The van der Waals surface area contributed by atoms with Crippen molar-refractivity contribution in [3.05, 3.63) is 65.9 Å². The first-order valence-corrected chi connectivity index (χ1v) is 27.4. The van der Waals surface area contributed by atoms with E-state index in [-0.39, 0.29) is 56.0 Å². The number of hydrogen-bond acceptors (Lipinski definition) is 16. The zero-order valence-electron chi connectivity index (χ0n) is 47.1. The molecule has 0 saturated heterocycles. The molecule has 3 aromatic rings. The fraction of sp³-hybridized carbons (Fsp3) is 0.500. The molecule has 22 N–H and O–H groups in total. The van der Waals surface area contributed by atoms with E-state index in [4.69, 9.17) is 22.9 Å².